The second kappa shape index (κ2) is 5.44. The number of benzene rings is 1. The number of hydrogen-bond acceptors (Lipinski definition) is 3. The van der Waals surface area contributed by atoms with Crippen molar-refractivity contribution in [2.75, 3.05) is 18.0 Å². The summed E-state index contributed by atoms with van der Waals surface area (Å²) in [5.41, 5.74) is 1.06. The van der Waals surface area contributed by atoms with Gasteiger partial charge in [0.1, 0.15) is 0 Å². The molecular formula is C13H17BN2O2. The minimum atomic E-state index is -0.789. The summed E-state index contributed by atoms with van der Waals surface area (Å²) in [6, 6.07) is 9.83. The van der Waals surface area contributed by atoms with Crippen molar-refractivity contribution >= 4 is 19.6 Å². The molecule has 0 spiro atoms. The van der Waals surface area contributed by atoms with Crippen molar-refractivity contribution < 1.29 is 9.90 Å². The van der Waals surface area contributed by atoms with E-state index in [1.165, 1.54) is 0 Å². The van der Waals surface area contributed by atoms with Gasteiger partial charge in [-0.1, -0.05) is 18.2 Å². The molecule has 1 aliphatic heterocycles. The normalized spacial score (nSPS) is 25.1. The number of piperazine rings is 1. The van der Waals surface area contributed by atoms with Crippen LogP contribution in [0.15, 0.2) is 30.3 Å². The highest BCUT2D eigenvalue weighted by Gasteiger charge is 2.32. The van der Waals surface area contributed by atoms with Crippen LogP contribution in [0.5, 0.6) is 0 Å². The molecule has 2 atom stereocenters. The number of aliphatic carboxylic acids is 1. The van der Waals surface area contributed by atoms with Crippen LogP contribution in [0.1, 0.15) is 13.3 Å². The molecule has 1 fully saturated rings. The molecule has 1 N–H and O–H groups in total. The molecule has 1 aliphatic rings. The lowest BCUT2D eigenvalue weighted by molar-refractivity contribution is -0.137. The zero-order chi connectivity index (χ0) is 13.1. The number of rotatable bonds is 3. The van der Waals surface area contributed by atoms with Gasteiger partial charge in [-0.3, -0.25) is 4.79 Å². The van der Waals surface area contributed by atoms with Gasteiger partial charge < -0.3 is 14.8 Å². The first-order chi connectivity index (χ1) is 8.59. The lowest BCUT2D eigenvalue weighted by Crippen LogP contribution is -2.58. The predicted octanol–water partition coefficient (Wildman–Crippen LogP) is 1.12. The summed E-state index contributed by atoms with van der Waals surface area (Å²) in [4.78, 5) is 14.9. The third kappa shape index (κ3) is 2.67. The van der Waals surface area contributed by atoms with Crippen LogP contribution in [0.3, 0.4) is 0 Å². The summed E-state index contributed by atoms with van der Waals surface area (Å²) < 4.78 is 0. The monoisotopic (exact) mass is 244 g/mol. The molecule has 1 heterocycles. The number of carboxylic acids is 1. The Labute approximate surface area is 109 Å². The second-order valence-corrected chi connectivity index (χ2v) is 4.67. The van der Waals surface area contributed by atoms with Crippen LogP contribution >= 0.6 is 0 Å². The number of anilines is 1. The Hall–Kier alpha value is -1.49. The summed E-state index contributed by atoms with van der Waals surface area (Å²) in [6.07, 6.45) is 0.101. The van der Waals surface area contributed by atoms with Crippen molar-refractivity contribution in [1.29, 1.82) is 0 Å². The summed E-state index contributed by atoms with van der Waals surface area (Å²) in [5.74, 6) is -0.789. The molecular weight excluding hydrogens is 227 g/mol. The van der Waals surface area contributed by atoms with Gasteiger partial charge in [-0.05, 0) is 19.1 Å². The fourth-order valence-corrected chi connectivity index (χ4v) is 2.47. The van der Waals surface area contributed by atoms with E-state index in [9.17, 15) is 4.79 Å². The molecule has 0 aromatic heterocycles. The van der Waals surface area contributed by atoms with Gasteiger partial charge >= 0.3 is 5.97 Å². The quantitative estimate of drug-likeness (QED) is 0.809. The van der Waals surface area contributed by atoms with Crippen LogP contribution < -0.4 is 4.90 Å². The van der Waals surface area contributed by atoms with Gasteiger partial charge in [-0.15, -0.1) is 0 Å². The molecule has 0 amide bonds. The van der Waals surface area contributed by atoms with E-state index < -0.39 is 5.97 Å². The molecule has 94 valence electrons. The summed E-state index contributed by atoms with van der Waals surface area (Å²) in [6.45, 7) is 3.47. The summed E-state index contributed by atoms with van der Waals surface area (Å²) >= 11 is 0. The fraction of sp³-hybridized carbons (Fsp3) is 0.462. The van der Waals surface area contributed by atoms with E-state index in [1.807, 2.05) is 37.3 Å². The Bertz CT molecular complexity index is 413. The molecule has 1 aromatic rings. The maximum atomic E-state index is 11.0. The van der Waals surface area contributed by atoms with Crippen LogP contribution in [0.4, 0.5) is 5.69 Å². The van der Waals surface area contributed by atoms with E-state index in [-0.39, 0.29) is 18.5 Å². The molecule has 0 aliphatic carbocycles. The predicted molar refractivity (Wildman–Crippen MR) is 71.8 cm³/mol. The van der Waals surface area contributed by atoms with E-state index in [2.05, 4.69) is 4.90 Å². The van der Waals surface area contributed by atoms with Crippen LogP contribution in [0, 0.1) is 0 Å². The van der Waals surface area contributed by atoms with Gasteiger partial charge in [0, 0.05) is 24.8 Å². The lowest BCUT2D eigenvalue weighted by atomic mass is 9.96. The van der Waals surface area contributed by atoms with Crippen molar-refractivity contribution in [2.45, 2.75) is 25.4 Å². The van der Waals surface area contributed by atoms with Crippen molar-refractivity contribution in [3.63, 3.8) is 0 Å². The number of hydrogen-bond donors (Lipinski definition) is 1. The van der Waals surface area contributed by atoms with Crippen molar-refractivity contribution in [3.8, 4) is 0 Å². The standard InChI is InChI=1S/C13H17BN2O2/c1-10-12(9-13(17)18)15(7-8-16(10)14)11-5-3-2-4-6-11/h2-6,10,12H,7-9H2,1H3,(H,17,18). The van der Waals surface area contributed by atoms with Crippen LogP contribution in [0.2, 0.25) is 0 Å². The number of carbonyl (C=O) groups is 1. The van der Waals surface area contributed by atoms with E-state index in [0.717, 1.165) is 18.8 Å². The maximum absolute atomic E-state index is 11.0. The number of para-hydroxylation sites is 1. The van der Waals surface area contributed by atoms with Crippen molar-refractivity contribution in [1.82, 2.24) is 4.81 Å². The van der Waals surface area contributed by atoms with E-state index in [4.69, 9.17) is 13.1 Å². The molecule has 2 radical (unpaired) electrons. The first-order valence-electron chi connectivity index (χ1n) is 6.14. The Morgan fingerprint density at radius 1 is 1.39 bits per heavy atom. The van der Waals surface area contributed by atoms with Crippen LogP contribution in [-0.2, 0) is 4.79 Å². The third-order valence-corrected chi connectivity index (χ3v) is 3.55. The smallest absolute Gasteiger partial charge is 0.305 e. The minimum absolute atomic E-state index is 0.0232. The molecule has 18 heavy (non-hydrogen) atoms. The summed E-state index contributed by atoms with van der Waals surface area (Å²) in [7, 11) is 5.90. The van der Waals surface area contributed by atoms with Gasteiger partial charge in [0.2, 0.25) is 0 Å². The fourth-order valence-electron chi connectivity index (χ4n) is 2.47. The van der Waals surface area contributed by atoms with Gasteiger partial charge in [0.25, 0.3) is 0 Å². The Balaban J connectivity index is 2.24. The largest absolute Gasteiger partial charge is 0.481 e. The molecule has 4 nitrogen and oxygen atoms in total. The summed E-state index contributed by atoms with van der Waals surface area (Å²) in [5, 5.41) is 9.05. The first kappa shape index (κ1) is 13.0. The van der Waals surface area contributed by atoms with Gasteiger partial charge in [-0.25, -0.2) is 0 Å². The Kier molecular flexibility index (Phi) is 3.92. The highest BCUT2D eigenvalue weighted by Crippen LogP contribution is 2.25. The molecule has 5 heteroatoms. The molecule has 0 bridgehead atoms. The molecule has 1 aromatic carbocycles. The average Bonchev–Trinajstić information content (AvgIpc) is 2.36. The van der Waals surface area contributed by atoms with E-state index >= 15 is 0 Å². The lowest BCUT2D eigenvalue weighted by Gasteiger charge is -2.46. The Morgan fingerprint density at radius 3 is 2.67 bits per heavy atom. The van der Waals surface area contributed by atoms with Gasteiger partial charge in [-0.2, -0.15) is 0 Å². The second-order valence-electron chi connectivity index (χ2n) is 4.67. The topological polar surface area (TPSA) is 43.8 Å². The number of nitrogens with zero attached hydrogens (tertiary/aromatic N) is 2. The molecule has 2 rings (SSSR count). The third-order valence-electron chi connectivity index (χ3n) is 3.55. The Morgan fingerprint density at radius 2 is 2.06 bits per heavy atom. The van der Waals surface area contributed by atoms with Crippen molar-refractivity contribution in [3.05, 3.63) is 30.3 Å². The van der Waals surface area contributed by atoms with E-state index in [1.54, 1.807) is 4.81 Å². The van der Waals surface area contributed by atoms with Crippen LogP contribution in [-0.4, -0.2) is 49.0 Å². The zero-order valence-electron chi connectivity index (χ0n) is 10.5. The first-order valence-corrected chi connectivity index (χ1v) is 6.14. The maximum Gasteiger partial charge on any atom is 0.305 e. The number of carboxylic acid groups (broad SMARTS) is 1. The van der Waals surface area contributed by atoms with Gasteiger partial charge in [0.05, 0.1) is 12.5 Å². The highest BCUT2D eigenvalue weighted by molar-refractivity contribution is 6.04. The molecule has 0 saturated carbocycles. The zero-order valence-corrected chi connectivity index (χ0v) is 10.5. The van der Waals surface area contributed by atoms with Crippen molar-refractivity contribution in [2.24, 2.45) is 0 Å². The molecule has 1 saturated heterocycles. The highest BCUT2D eigenvalue weighted by atomic mass is 16.4. The average molecular weight is 244 g/mol. The molecule has 2 unspecified atom stereocenters. The van der Waals surface area contributed by atoms with E-state index in [0.29, 0.717) is 0 Å². The minimum Gasteiger partial charge on any atom is -0.481 e. The SMILES string of the molecule is [B]N1CCN(c2ccccc2)C(CC(=O)O)C1C. The van der Waals surface area contributed by atoms with Crippen LogP contribution in [0.25, 0.3) is 0 Å². The van der Waals surface area contributed by atoms with Gasteiger partial charge in [0.15, 0.2) is 7.98 Å².